The molecule has 2 heterocycles. The average Bonchev–Trinajstić information content (AvgIpc) is 3.05. The molecule has 108 valence electrons. The molecule has 1 aliphatic heterocycles. The molecule has 2 rings (SSSR count). The summed E-state index contributed by atoms with van der Waals surface area (Å²) in [7, 11) is 1.78. The van der Waals surface area contributed by atoms with Gasteiger partial charge in [0.05, 0.1) is 6.61 Å². The van der Waals surface area contributed by atoms with E-state index in [1.54, 1.807) is 7.11 Å². The zero-order valence-electron chi connectivity index (χ0n) is 12.3. The summed E-state index contributed by atoms with van der Waals surface area (Å²) in [4.78, 5) is 5.41. The lowest BCUT2D eigenvalue weighted by Gasteiger charge is -2.30. The van der Waals surface area contributed by atoms with E-state index in [9.17, 15) is 0 Å². The fraction of sp³-hybridized carbons (Fsp3) is 0.733. The summed E-state index contributed by atoms with van der Waals surface area (Å²) in [5.74, 6) is 0. The molecule has 0 aromatic carbocycles. The summed E-state index contributed by atoms with van der Waals surface area (Å²) < 4.78 is 5.27. The molecule has 2 unspecified atom stereocenters. The number of ether oxygens (including phenoxy) is 1. The Balaban J connectivity index is 1.98. The van der Waals surface area contributed by atoms with E-state index in [4.69, 9.17) is 4.74 Å². The summed E-state index contributed by atoms with van der Waals surface area (Å²) in [5.41, 5.74) is 0. The van der Waals surface area contributed by atoms with Crippen molar-refractivity contribution in [3.8, 4) is 0 Å². The van der Waals surface area contributed by atoms with E-state index >= 15 is 0 Å². The number of methoxy groups -OCH3 is 1. The third-order valence-corrected chi connectivity index (χ3v) is 5.09. The second-order valence-electron chi connectivity index (χ2n) is 5.41. The molecule has 0 radical (unpaired) electrons. The minimum Gasteiger partial charge on any atom is -0.383 e. The van der Waals surface area contributed by atoms with Gasteiger partial charge in [0.25, 0.3) is 0 Å². The monoisotopic (exact) mass is 282 g/mol. The second-order valence-corrected chi connectivity index (χ2v) is 6.72. The molecular weight excluding hydrogens is 256 g/mol. The third kappa shape index (κ3) is 4.28. The molecule has 0 amide bonds. The first-order chi connectivity index (χ1) is 9.20. The largest absolute Gasteiger partial charge is 0.383 e. The average molecular weight is 282 g/mol. The van der Waals surface area contributed by atoms with E-state index < -0.39 is 0 Å². The molecular formula is C15H26N2OS. The predicted molar refractivity (Wildman–Crippen MR) is 81.9 cm³/mol. The quantitative estimate of drug-likeness (QED) is 0.832. The fourth-order valence-corrected chi connectivity index (χ4v) is 3.67. The molecule has 19 heavy (non-hydrogen) atoms. The van der Waals surface area contributed by atoms with Crippen LogP contribution in [0.25, 0.3) is 0 Å². The molecule has 1 fully saturated rings. The molecule has 0 aliphatic carbocycles. The molecule has 0 saturated carbocycles. The third-order valence-electron chi connectivity index (χ3n) is 3.92. The van der Waals surface area contributed by atoms with Crippen LogP contribution in [0.3, 0.4) is 0 Å². The number of hydrogen-bond donors (Lipinski definition) is 1. The molecule has 0 spiro atoms. The Morgan fingerprint density at radius 2 is 2.37 bits per heavy atom. The Kier molecular flexibility index (Phi) is 5.82. The lowest BCUT2D eigenvalue weighted by molar-refractivity contribution is 0.119. The second kappa shape index (κ2) is 7.39. The molecule has 1 saturated heterocycles. The van der Waals surface area contributed by atoms with Crippen molar-refractivity contribution in [2.45, 2.75) is 38.8 Å². The molecule has 0 bridgehead atoms. The zero-order valence-corrected chi connectivity index (χ0v) is 13.1. The maximum absolute atomic E-state index is 5.27. The van der Waals surface area contributed by atoms with Crippen LogP contribution in [-0.2, 0) is 4.74 Å². The van der Waals surface area contributed by atoms with Gasteiger partial charge in [-0.2, -0.15) is 0 Å². The van der Waals surface area contributed by atoms with Crippen LogP contribution >= 0.6 is 11.3 Å². The molecule has 1 aromatic heterocycles. The first kappa shape index (κ1) is 15.0. The van der Waals surface area contributed by atoms with Crippen molar-refractivity contribution in [1.29, 1.82) is 0 Å². The summed E-state index contributed by atoms with van der Waals surface area (Å²) in [6.07, 6.45) is 2.62. The summed E-state index contributed by atoms with van der Waals surface area (Å²) >= 11 is 1.91. The van der Waals surface area contributed by atoms with E-state index in [0.29, 0.717) is 12.1 Å². The van der Waals surface area contributed by atoms with Crippen LogP contribution in [0.4, 0.5) is 0 Å². The Hall–Kier alpha value is -0.420. The van der Waals surface area contributed by atoms with Crippen molar-refractivity contribution in [2.24, 2.45) is 0 Å². The lowest BCUT2D eigenvalue weighted by atomic mass is 10.1. The SMILES string of the molecule is COCCN(CC1CCCN1)C(C)c1ccc(C)s1. The number of aryl methyl sites for hydroxylation is 1. The zero-order chi connectivity index (χ0) is 13.7. The first-order valence-corrected chi connectivity index (χ1v) is 8.05. The maximum atomic E-state index is 5.27. The van der Waals surface area contributed by atoms with E-state index in [2.05, 4.69) is 36.2 Å². The fourth-order valence-electron chi connectivity index (χ4n) is 2.71. The van der Waals surface area contributed by atoms with Gasteiger partial charge in [0.15, 0.2) is 0 Å². The van der Waals surface area contributed by atoms with Crippen LogP contribution in [0.1, 0.15) is 35.6 Å². The smallest absolute Gasteiger partial charge is 0.0589 e. The van der Waals surface area contributed by atoms with Crippen LogP contribution in [0.15, 0.2) is 12.1 Å². The topological polar surface area (TPSA) is 24.5 Å². The highest BCUT2D eigenvalue weighted by Crippen LogP contribution is 2.27. The molecule has 3 nitrogen and oxygen atoms in total. The van der Waals surface area contributed by atoms with Crippen molar-refractivity contribution in [1.82, 2.24) is 10.2 Å². The summed E-state index contributed by atoms with van der Waals surface area (Å²) in [5, 5.41) is 3.60. The van der Waals surface area contributed by atoms with Gasteiger partial charge in [0.1, 0.15) is 0 Å². The molecule has 1 N–H and O–H groups in total. The molecule has 1 aromatic rings. The highest BCUT2D eigenvalue weighted by Gasteiger charge is 2.22. The highest BCUT2D eigenvalue weighted by atomic mass is 32.1. The van der Waals surface area contributed by atoms with Crippen molar-refractivity contribution >= 4 is 11.3 Å². The standard InChI is InChI=1S/C15H26N2OS/c1-12-6-7-15(19-12)13(2)17(9-10-18-3)11-14-5-4-8-16-14/h6-7,13-14,16H,4-5,8-11H2,1-3H3. The van der Waals surface area contributed by atoms with Gasteiger partial charge in [-0.05, 0) is 45.4 Å². The van der Waals surface area contributed by atoms with Crippen LogP contribution in [0.2, 0.25) is 0 Å². The Labute approximate surface area is 121 Å². The van der Waals surface area contributed by atoms with E-state index in [1.807, 2.05) is 11.3 Å². The minimum absolute atomic E-state index is 0.483. The Bertz CT molecular complexity index is 374. The van der Waals surface area contributed by atoms with E-state index in [0.717, 1.165) is 19.7 Å². The first-order valence-electron chi connectivity index (χ1n) is 7.23. The molecule has 1 aliphatic rings. The maximum Gasteiger partial charge on any atom is 0.0589 e. The van der Waals surface area contributed by atoms with Crippen molar-refractivity contribution in [2.75, 3.05) is 33.4 Å². The van der Waals surface area contributed by atoms with Gasteiger partial charge in [-0.1, -0.05) is 0 Å². The number of hydrogen-bond acceptors (Lipinski definition) is 4. The lowest BCUT2D eigenvalue weighted by Crippen LogP contribution is -2.40. The number of rotatable bonds is 7. The van der Waals surface area contributed by atoms with Crippen molar-refractivity contribution < 1.29 is 4.74 Å². The molecule has 4 heteroatoms. The van der Waals surface area contributed by atoms with Crippen LogP contribution in [-0.4, -0.2) is 44.3 Å². The Morgan fingerprint density at radius 1 is 1.53 bits per heavy atom. The van der Waals surface area contributed by atoms with E-state index in [1.165, 1.54) is 29.1 Å². The van der Waals surface area contributed by atoms with Crippen molar-refractivity contribution in [3.63, 3.8) is 0 Å². The Morgan fingerprint density at radius 3 is 2.95 bits per heavy atom. The van der Waals surface area contributed by atoms with Crippen LogP contribution in [0, 0.1) is 6.92 Å². The molecule has 2 atom stereocenters. The number of thiophene rings is 1. The predicted octanol–water partition coefficient (Wildman–Crippen LogP) is 2.82. The highest BCUT2D eigenvalue weighted by molar-refractivity contribution is 7.12. The van der Waals surface area contributed by atoms with Gasteiger partial charge < -0.3 is 10.1 Å². The summed E-state index contributed by atoms with van der Waals surface area (Å²) in [6, 6.07) is 5.63. The van der Waals surface area contributed by atoms with Gasteiger partial charge in [-0.3, -0.25) is 4.90 Å². The van der Waals surface area contributed by atoms with Gasteiger partial charge in [0.2, 0.25) is 0 Å². The van der Waals surface area contributed by atoms with Gasteiger partial charge in [0, 0.05) is 42.0 Å². The van der Waals surface area contributed by atoms with Crippen LogP contribution < -0.4 is 5.32 Å². The van der Waals surface area contributed by atoms with Gasteiger partial charge >= 0.3 is 0 Å². The number of nitrogens with one attached hydrogen (secondary N) is 1. The number of nitrogens with zero attached hydrogens (tertiary/aromatic N) is 1. The van der Waals surface area contributed by atoms with Gasteiger partial charge in [-0.25, -0.2) is 0 Å². The normalized spacial score (nSPS) is 21.2. The van der Waals surface area contributed by atoms with Gasteiger partial charge in [-0.15, -0.1) is 11.3 Å². The van der Waals surface area contributed by atoms with Crippen LogP contribution in [0.5, 0.6) is 0 Å². The van der Waals surface area contributed by atoms with E-state index in [-0.39, 0.29) is 0 Å². The van der Waals surface area contributed by atoms with Crippen molar-refractivity contribution in [3.05, 3.63) is 21.9 Å². The summed E-state index contributed by atoms with van der Waals surface area (Å²) in [6.45, 7) is 8.61. The minimum atomic E-state index is 0.483.